The van der Waals surface area contributed by atoms with E-state index in [1.165, 1.54) is 19.3 Å². The molecule has 0 N–H and O–H groups in total. The summed E-state index contributed by atoms with van der Waals surface area (Å²) in [5, 5.41) is 0. The van der Waals surface area contributed by atoms with E-state index in [2.05, 4.69) is 30.7 Å². The predicted molar refractivity (Wildman–Crippen MR) is 82.2 cm³/mol. The standard InChI is InChI=1S/C16H27N3O/c1-5-8-16(12-20-4)9-6-11-19(16)14-7-10-17-15(18-14)13(2)3/h7,10,13H,5-6,8-9,11-12H2,1-4H3. The van der Waals surface area contributed by atoms with Crippen LogP contribution in [0.5, 0.6) is 0 Å². The van der Waals surface area contributed by atoms with Crippen LogP contribution in [0.25, 0.3) is 0 Å². The van der Waals surface area contributed by atoms with Crippen molar-refractivity contribution >= 4 is 5.82 Å². The summed E-state index contributed by atoms with van der Waals surface area (Å²) in [6, 6.07) is 2.04. The average molecular weight is 277 g/mol. The van der Waals surface area contributed by atoms with Crippen molar-refractivity contribution in [3.63, 3.8) is 0 Å². The smallest absolute Gasteiger partial charge is 0.133 e. The first-order valence-corrected chi connectivity index (χ1v) is 7.72. The first kappa shape index (κ1) is 15.2. The lowest BCUT2D eigenvalue weighted by Crippen LogP contribution is -2.48. The number of aromatic nitrogens is 2. The molecule has 1 aromatic heterocycles. The molecule has 1 aliphatic rings. The summed E-state index contributed by atoms with van der Waals surface area (Å²) in [6.07, 6.45) is 6.61. The van der Waals surface area contributed by atoms with Gasteiger partial charge >= 0.3 is 0 Å². The largest absolute Gasteiger partial charge is 0.382 e. The van der Waals surface area contributed by atoms with E-state index in [4.69, 9.17) is 9.72 Å². The first-order valence-electron chi connectivity index (χ1n) is 7.72. The van der Waals surface area contributed by atoms with Crippen LogP contribution in [0, 0.1) is 0 Å². The van der Waals surface area contributed by atoms with Crippen molar-refractivity contribution in [1.82, 2.24) is 9.97 Å². The van der Waals surface area contributed by atoms with Crippen LogP contribution in [-0.2, 0) is 4.74 Å². The van der Waals surface area contributed by atoms with Crippen molar-refractivity contribution in [3.8, 4) is 0 Å². The third kappa shape index (κ3) is 2.95. The summed E-state index contributed by atoms with van der Waals surface area (Å²) < 4.78 is 5.53. The van der Waals surface area contributed by atoms with Crippen LogP contribution in [0.3, 0.4) is 0 Å². The van der Waals surface area contributed by atoms with E-state index in [1.807, 2.05) is 12.3 Å². The fourth-order valence-corrected chi connectivity index (χ4v) is 3.30. The molecule has 0 saturated carbocycles. The van der Waals surface area contributed by atoms with Gasteiger partial charge in [-0.15, -0.1) is 0 Å². The van der Waals surface area contributed by atoms with Crippen LogP contribution in [0.4, 0.5) is 5.82 Å². The van der Waals surface area contributed by atoms with Gasteiger partial charge in [0.1, 0.15) is 11.6 Å². The van der Waals surface area contributed by atoms with Crippen LogP contribution in [0.1, 0.15) is 58.2 Å². The van der Waals surface area contributed by atoms with Gasteiger partial charge in [-0.3, -0.25) is 0 Å². The third-order valence-electron chi connectivity index (χ3n) is 4.18. The van der Waals surface area contributed by atoms with Gasteiger partial charge in [-0.1, -0.05) is 27.2 Å². The summed E-state index contributed by atoms with van der Waals surface area (Å²) in [4.78, 5) is 11.6. The van der Waals surface area contributed by atoms with Crippen molar-refractivity contribution < 1.29 is 4.74 Å². The molecule has 1 fully saturated rings. The van der Waals surface area contributed by atoms with E-state index < -0.39 is 0 Å². The molecule has 4 heteroatoms. The fraction of sp³-hybridized carbons (Fsp3) is 0.750. The minimum Gasteiger partial charge on any atom is -0.382 e. The number of rotatable bonds is 6. The number of anilines is 1. The summed E-state index contributed by atoms with van der Waals surface area (Å²) in [6.45, 7) is 8.36. The highest BCUT2D eigenvalue weighted by molar-refractivity contribution is 5.43. The Hall–Kier alpha value is -1.16. The van der Waals surface area contributed by atoms with Crippen LogP contribution in [0.15, 0.2) is 12.3 Å². The van der Waals surface area contributed by atoms with Gasteiger partial charge in [-0.2, -0.15) is 0 Å². The summed E-state index contributed by atoms with van der Waals surface area (Å²) in [7, 11) is 1.80. The fourth-order valence-electron chi connectivity index (χ4n) is 3.30. The van der Waals surface area contributed by atoms with Crippen molar-refractivity contribution in [2.24, 2.45) is 0 Å². The zero-order valence-corrected chi connectivity index (χ0v) is 13.2. The molecule has 0 spiro atoms. The van der Waals surface area contributed by atoms with Gasteiger partial charge in [0, 0.05) is 25.8 Å². The first-order chi connectivity index (χ1) is 9.63. The number of hydrogen-bond donors (Lipinski definition) is 0. The second-order valence-corrected chi connectivity index (χ2v) is 6.09. The van der Waals surface area contributed by atoms with E-state index in [0.29, 0.717) is 5.92 Å². The van der Waals surface area contributed by atoms with Gasteiger partial charge < -0.3 is 9.64 Å². The van der Waals surface area contributed by atoms with Gasteiger partial charge in [0.15, 0.2) is 0 Å². The van der Waals surface area contributed by atoms with Gasteiger partial charge in [0.25, 0.3) is 0 Å². The zero-order valence-electron chi connectivity index (χ0n) is 13.2. The molecule has 20 heavy (non-hydrogen) atoms. The topological polar surface area (TPSA) is 38.2 Å². The Balaban J connectivity index is 2.31. The summed E-state index contributed by atoms with van der Waals surface area (Å²) in [5.74, 6) is 2.35. The third-order valence-corrected chi connectivity index (χ3v) is 4.18. The molecule has 0 bridgehead atoms. The average Bonchev–Trinajstić information content (AvgIpc) is 2.83. The SMILES string of the molecule is CCCC1(COC)CCCN1c1ccnc(C(C)C)n1. The maximum atomic E-state index is 5.53. The van der Waals surface area contributed by atoms with E-state index >= 15 is 0 Å². The van der Waals surface area contributed by atoms with Gasteiger partial charge in [0.2, 0.25) is 0 Å². The molecule has 1 aromatic rings. The molecule has 4 nitrogen and oxygen atoms in total. The van der Waals surface area contributed by atoms with Crippen molar-refractivity contribution in [2.45, 2.75) is 57.9 Å². The quantitative estimate of drug-likeness (QED) is 0.799. The Bertz CT molecular complexity index is 427. The highest BCUT2D eigenvalue weighted by atomic mass is 16.5. The Labute approximate surface area is 122 Å². The van der Waals surface area contributed by atoms with Crippen molar-refractivity contribution in [2.75, 3.05) is 25.2 Å². The summed E-state index contributed by atoms with van der Waals surface area (Å²) >= 11 is 0. The predicted octanol–water partition coefficient (Wildman–Crippen LogP) is 3.39. The van der Waals surface area contributed by atoms with E-state index in [9.17, 15) is 0 Å². The zero-order chi connectivity index (χ0) is 14.6. The Morgan fingerprint density at radius 3 is 2.90 bits per heavy atom. The summed E-state index contributed by atoms with van der Waals surface area (Å²) in [5.41, 5.74) is 0.117. The molecule has 1 atom stereocenters. The molecule has 1 saturated heterocycles. The Morgan fingerprint density at radius 2 is 2.25 bits per heavy atom. The molecular formula is C16H27N3O. The number of ether oxygens (including phenoxy) is 1. The number of methoxy groups -OCH3 is 1. The highest BCUT2D eigenvalue weighted by Crippen LogP contribution is 2.37. The molecule has 2 rings (SSSR count). The van der Waals surface area contributed by atoms with Gasteiger partial charge in [0.05, 0.1) is 12.1 Å². The van der Waals surface area contributed by atoms with Gasteiger partial charge in [-0.05, 0) is 25.3 Å². The lowest BCUT2D eigenvalue weighted by atomic mass is 9.91. The van der Waals surface area contributed by atoms with E-state index in [0.717, 1.165) is 31.2 Å². The maximum Gasteiger partial charge on any atom is 0.133 e. The minimum atomic E-state index is 0.117. The molecule has 0 radical (unpaired) electrons. The van der Waals surface area contributed by atoms with E-state index in [-0.39, 0.29) is 5.54 Å². The Morgan fingerprint density at radius 1 is 1.45 bits per heavy atom. The highest BCUT2D eigenvalue weighted by Gasteiger charge is 2.41. The lowest BCUT2D eigenvalue weighted by molar-refractivity contribution is 0.127. The molecule has 112 valence electrons. The number of hydrogen-bond acceptors (Lipinski definition) is 4. The Kier molecular flexibility index (Phi) is 4.97. The molecule has 2 heterocycles. The normalized spacial score (nSPS) is 22.8. The molecule has 1 unspecified atom stereocenters. The minimum absolute atomic E-state index is 0.117. The van der Waals surface area contributed by atoms with Gasteiger partial charge in [-0.25, -0.2) is 9.97 Å². The van der Waals surface area contributed by atoms with Crippen LogP contribution >= 0.6 is 0 Å². The van der Waals surface area contributed by atoms with Crippen molar-refractivity contribution in [1.29, 1.82) is 0 Å². The molecule has 0 aromatic carbocycles. The maximum absolute atomic E-state index is 5.53. The number of nitrogens with zero attached hydrogens (tertiary/aromatic N) is 3. The van der Waals surface area contributed by atoms with E-state index in [1.54, 1.807) is 7.11 Å². The van der Waals surface area contributed by atoms with Crippen molar-refractivity contribution in [3.05, 3.63) is 18.1 Å². The molecular weight excluding hydrogens is 250 g/mol. The second kappa shape index (κ2) is 6.53. The molecule has 0 amide bonds. The molecule has 0 aliphatic carbocycles. The molecule has 1 aliphatic heterocycles. The lowest BCUT2D eigenvalue weighted by Gasteiger charge is -2.39. The van der Waals surface area contributed by atoms with Crippen LogP contribution < -0.4 is 4.90 Å². The van der Waals surface area contributed by atoms with Crippen LogP contribution in [-0.4, -0.2) is 35.8 Å². The van der Waals surface area contributed by atoms with Crippen LogP contribution in [0.2, 0.25) is 0 Å². The monoisotopic (exact) mass is 277 g/mol. The second-order valence-electron chi connectivity index (χ2n) is 6.09.